The predicted molar refractivity (Wildman–Crippen MR) is 140 cm³/mol. The number of aliphatic hydroxyl groups is 2. The van der Waals surface area contributed by atoms with Gasteiger partial charge in [0.1, 0.15) is 35.0 Å². The zero-order chi connectivity index (χ0) is 30.2. The lowest BCUT2D eigenvalue weighted by Gasteiger charge is -2.34. The number of rotatable bonds is 4. The van der Waals surface area contributed by atoms with Crippen molar-refractivity contribution in [2.24, 2.45) is 0 Å². The summed E-state index contributed by atoms with van der Waals surface area (Å²) in [7, 11) is -4.65. The highest BCUT2D eigenvalue weighted by Gasteiger charge is 2.58. The lowest BCUT2D eigenvalue weighted by Crippen LogP contribution is -2.43. The molecule has 0 spiro atoms. The fourth-order valence-electron chi connectivity index (χ4n) is 4.13. The number of halogens is 3. The van der Waals surface area contributed by atoms with Gasteiger partial charge in [0.25, 0.3) is 5.85 Å². The summed E-state index contributed by atoms with van der Waals surface area (Å²) < 4.78 is 74.3. The number of hydrogen-bond acceptors (Lipinski definition) is 9. The fraction of sp³-hybridized carbons (Fsp3) is 0.583. The summed E-state index contributed by atoms with van der Waals surface area (Å²) in [6.45, 7) is 9.14. The molecule has 39 heavy (non-hydrogen) atoms. The van der Waals surface area contributed by atoms with E-state index in [1.54, 1.807) is 6.07 Å². The van der Waals surface area contributed by atoms with Crippen molar-refractivity contribution in [3.8, 4) is 5.75 Å². The van der Waals surface area contributed by atoms with Crippen LogP contribution < -0.4 is 10.2 Å². The molecule has 1 aromatic carbocycles. The summed E-state index contributed by atoms with van der Waals surface area (Å²) in [6, 6.07) is 1.61. The molecule has 5 atom stereocenters. The summed E-state index contributed by atoms with van der Waals surface area (Å²) in [5.74, 6) is -4.06. The number of phosphoric ester groups is 1. The van der Waals surface area contributed by atoms with Crippen LogP contribution in [0.1, 0.15) is 65.8 Å². The van der Waals surface area contributed by atoms with Crippen LogP contribution in [0.25, 0.3) is 0 Å². The van der Waals surface area contributed by atoms with Gasteiger partial charge in [0.15, 0.2) is 6.20 Å². The van der Waals surface area contributed by atoms with Crippen LogP contribution in [0.4, 0.5) is 8.78 Å². The molecule has 0 aliphatic carbocycles. The van der Waals surface area contributed by atoms with Crippen molar-refractivity contribution < 1.29 is 43.2 Å². The minimum Gasteiger partial charge on any atom is -0.403 e. The van der Waals surface area contributed by atoms with Crippen molar-refractivity contribution in [1.82, 2.24) is 9.55 Å². The number of aromatic amines is 1. The van der Waals surface area contributed by atoms with Gasteiger partial charge in [-0.15, -0.1) is 0 Å². The maximum Gasteiger partial charge on any atom is 0.530 e. The third-order valence-electron chi connectivity index (χ3n) is 6.32. The van der Waals surface area contributed by atoms with E-state index in [4.69, 9.17) is 43.5 Å². The Labute approximate surface area is 234 Å². The Bertz CT molecular complexity index is 1530. The van der Waals surface area contributed by atoms with Gasteiger partial charge in [-0.05, 0) is 22.5 Å². The molecule has 2 aliphatic rings. The van der Waals surface area contributed by atoms with E-state index in [9.17, 15) is 19.6 Å². The van der Waals surface area contributed by atoms with E-state index in [2.05, 4.69) is 4.98 Å². The number of nitrogens with zero attached hydrogens (tertiary/aromatic N) is 1. The highest BCUT2D eigenvalue weighted by molar-refractivity contribution is 7.71. The molecule has 1 aromatic heterocycles. The van der Waals surface area contributed by atoms with Gasteiger partial charge in [-0.25, -0.2) is 18.1 Å². The van der Waals surface area contributed by atoms with Crippen LogP contribution in [0, 0.1) is 10.5 Å². The Hall–Kier alpha value is -1.70. The first-order valence-electron chi connectivity index (χ1n) is 12.4. The van der Waals surface area contributed by atoms with Gasteiger partial charge in [0.2, 0.25) is 0 Å². The second kappa shape index (κ2) is 9.99. The van der Waals surface area contributed by atoms with E-state index >= 15 is 8.78 Å². The molecule has 0 amide bonds. The number of aliphatic hydroxyl groups excluding tert-OH is 2. The Balaban J connectivity index is 1.65. The van der Waals surface area contributed by atoms with E-state index in [1.807, 2.05) is 41.5 Å². The van der Waals surface area contributed by atoms with Gasteiger partial charge in [0.05, 0.1) is 18.6 Å². The molecule has 15 heteroatoms. The fourth-order valence-corrected chi connectivity index (χ4v) is 5.65. The standard InChI is InChI=1S/C24H30ClF2N2O8PS/c1-22(2,3)12-7-13(23(4,5)6)17-11(15(12)26)9-34-38(33,37-17)35-10-24(27)18(31)16(30)20(36-24)29-8-14(25)19(39)28-21(29)32/h7-8,16,18,20,30-31H,9-10H2,1-6H3,(H,28,32,39)/t16-,18+,20-,24-,38?/m1/s1/i20D. The van der Waals surface area contributed by atoms with Crippen LogP contribution in [0.2, 0.25) is 5.02 Å². The second-order valence-corrected chi connectivity index (χ2v) is 13.8. The van der Waals surface area contributed by atoms with Gasteiger partial charge >= 0.3 is 13.5 Å². The van der Waals surface area contributed by atoms with Crippen molar-refractivity contribution in [2.45, 2.75) is 83.2 Å². The molecule has 1 saturated heterocycles. The molecule has 3 heterocycles. The predicted octanol–water partition coefficient (Wildman–Crippen LogP) is 4.94. The lowest BCUT2D eigenvalue weighted by molar-refractivity contribution is -0.205. The molecular weight excluding hydrogens is 581 g/mol. The first-order valence-corrected chi connectivity index (χ1v) is 14.1. The number of nitrogens with one attached hydrogen (secondary N) is 1. The molecular formula is C24H30ClF2N2O8PS. The molecule has 10 nitrogen and oxygen atoms in total. The van der Waals surface area contributed by atoms with E-state index in [-0.39, 0.29) is 21.0 Å². The van der Waals surface area contributed by atoms with Gasteiger partial charge < -0.3 is 19.5 Å². The molecule has 4 rings (SSSR count). The largest absolute Gasteiger partial charge is 0.530 e. The Morgan fingerprint density at radius 1 is 1.31 bits per heavy atom. The number of phosphoric acid groups is 1. The van der Waals surface area contributed by atoms with Crippen LogP contribution in [0.15, 0.2) is 17.1 Å². The molecule has 0 saturated carbocycles. The van der Waals surface area contributed by atoms with Crippen LogP contribution in [0.5, 0.6) is 5.75 Å². The zero-order valence-electron chi connectivity index (χ0n) is 23.0. The average Bonchev–Trinajstić information content (AvgIpc) is 2.99. The zero-order valence-corrected chi connectivity index (χ0v) is 24.5. The first kappa shape index (κ1) is 28.8. The first-order chi connectivity index (χ1) is 18.1. The number of H-pyrrole nitrogens is 1. The van der Waals surface area contributed by atoms with Gasteiger partial charge in [-0.1, -0.05) is 65.4 Å². The quantitative estimate of drug-likeness (QED) is 0.325. The SMILES string of the molecule is [2H][C@@]1(n2cc(Cl)c(=S)[nH]c2=O)O[C@](F)(COP2(=O)OCc3c(F)c(C(C)(C)C)cc(C(C)(C)C)c3O2)[C@@H](O)[C@H]1O. The molecule has 2 aliphatic heterocycles. The Morgan fingerprint density at radius 2 is 1.92 bits per heavy atom. The summed E-state index contributed by atoms with van der Waals surface area (Å²) in [5.41, 5.74) is -1.36. The topological polar surface area (TPSA) is 132 Å². The van der Waals surface area contributed by atoms with Crippen molar-refractivity contribution in [1.29, 1.82) is 0 Å². The Morgan fingerprint density at radius 3 is 2.51 bits per heavy atom. The van der Waals surface area contributed by atoms with E-state index in [0.29, 0.717) is 15.7 Å². The highest BCUT2D eigenvalue weighted by atomic mass is 35.5. The van der Waals surface area contributed by atoms with Gasteiger partial charge in [-0.3, -0.25) is 18.6 Å². The maximum absolute atomic E-state index is 15.8. The van der Waals surface area contributed by atoms with Crippen LogP contribution in [-0.2, 0) is 35.8 Å². The maximum atomic E-state index is 15.8. The molecule has 2 aromatic rings. The van der Waals surface area contributed by atoms with Crippen LogP contribution >= 0.6 is 31.6 Å². The van der Waals surface area contributed by atoms with E-state index in [0.717, 1.165) is 6.20 Å². The average molecular weight is 612 g/mol. The van der Waals surface area contributed by atoms with Crippen LogP contribution in [-0.4, -0.2) is 44.4 Å². The monoisotopic (exact) mass is 611 g/mol. The Kier molecular flexibility index (Phi) is 7.38. The van der Waals surface area contributed by atoms with E-state index in [1.165, 1.54) is 0 Å². The summed E-state index contributed by atoms with van der Waals surface area (Å²) >= 11 is 10.7. The minimum absolute atomic E-state index is 0.0119. The number of hydrogen-bond donors (Lipinski definition) is 3. The van der Waals surface area contributed by atoms with Crippen molar-refractivity contribution in [3.63, 3.8) is 0 Å². The molecule has 0 radical (unpaired) electrons. The second-order valence-electron chi connectivity index (χ2n) is 11.4. The number of ether oxygens (including phenoxy) is 1. The van der Waals surface area contributed by atoms with Crippen LogP contribution in [0.3, 0.4) is 0 Å². The number of alkyl halides is 1. The van der Waals surface area contributed by atoms with Crippen molar-refractivity contribution >= 4 is 31.6 Å². The highest BCUT2D eigenvalue weighted by Crippen LogP contribution is 2.58. The van der Waals surface area contributed by atoms with Crippen molar-refractivity contribution in [3.05, 3.63) is 54.9 Å². The summed E-state index contributed by atoms with van der Waals surface area (Å²) in [5, 5.41) is 20.7. The third-order valence-corrected chi connectivity index (χ3v) is 8.34. The number of fused-ring (bicyclic) bond motifs is 1. The molecule has 1 unspecified atom stereocenters. The number of benzene rings is 1. The minimum atomic E-state index is -4.65. The number of aromatic nitrogens is 2. The van der Waals surface area contributed by atoms with Crippen molar-refractivity contribution in [2.75, 3.05) is 6.61 Å². The normalized spacial score (nSPS) is 31.5. The molecule has 0 bridgehead atoms. The summed E-state index contributed by atoms with van der Waals surface area (Å²) in [6.07, 6.45) is -6.90. The third kappa shape index (κ3) is 5.60. The molecule has 1 fully saturated rings. The summed E-state index contributed by atoms with van der Waals surface area (Å²) in [4.78, 5) is 14.5. The van der Waals surface area contributed by atoms with E-state index < -0.39 is 67.6 Å². The smallest absolute Gasteiger partial charge is 0.403 e. The molecule has 3 N–H and O–H groups in total. The van der Waals surface area contributed by atoms with Gasteiger partial charge in [0, 0.05) is 11.8 Å². The van der Waals surface area contributed by atoms with Gasteiger partial charge in [-0.2, -0.15) is 0 Å². The molecule has 216 valence electrons. The lowest BCUT2D eigenvalue weighted by atomic mass is 9.78.